The number of amides is 1. The van der Waals surface area contributed by atoms with Crippen molar-refractivity contribution < 1.29 is 4.79 Å². The molecule has 0 radical (unpaired) electrons. The lowest BCUT2D eigenvalue weighted by Crippen LogP contribution is -2.53. The summed E-state index contributed by atoms with van der Waals surface area (Å²) in [5, 5.41) is 4.54. The number of rotatable bonds is 4. The standard InChI is InChI=1S/C23H32N4O/c1-17(2)14-20-16-22(25(3)24-20)23(28)27-12-10-26(11-13-27)21-9-8-18-6-4-5-7-19(18)15-21/h4-7,16-17,21H,8-15H2,1-3H3. The second kappa shape index (κ2) is 8.08. The van der Waals surface area contributed by atoms with Gasteiger partial charge in [-0.2, -0.15) is 5.10 Å². The summed E-state index contributed by atoms with van der Waals surface area (Å²) in [6.07, 6.45) is 4.46. The van der Waals surface area contributed by atoms with Gasteiger partial charge in [0.1, 0.15) is 5.69 Å². The smallest absolute Gasteiger partial charge is 0.272 e. The van der Waals surface area contributed by atoms with Crippen molar-refractivity contribution in [3.8, 4) is 0 Å². The Morgan fingerprint density at radius 3 is 2.57 bits per heavy atom. The van der Waals surface area contributed by atoms with Crippen molar-refractivity contribution in [2.45, 2.75) is 45.6 Å². The first kappa shape index (κ1) is 19.2. The van der Waals surface area contributed by atoms with Crippen LogP contribution in [-0.4, -0.2) is 57.7 Å². The van der Waals surface area contributed by atoms with Crippen molar-refractivity contribution in [1.82, 2.24) is 19.6 Å². The van der Waals surface area contributed by atoms with E-state index in [-0.39, 0.29) is 5.91 Å². The minimum Gasteiger partial charge on any atom is -0.335 e. The molecule has 1 aliphatic carbocycles. The fourth-order valence-electron chi connectivity index (χ4n) is 4.69. The Hall–Kier alpha value is -2.14. The van der Waals surface area contributed by atoms with Crippen LogP contribution in [0, 0.1) is 5.92 Å². The molecule has 0 bridgehead atoms. The van der Waals surface area contributed by atoms with E-state index in [9.17, 15) is 4.79 Å². The molecule has 1 atom stereocenters. The van der Waals surface area contributed by atoms with Gasteiger partial charge < -0.3 is 4.90 Å². The molecule has 2 aliphatic rings. The van der Waals surface area contributed by atoms with Gasteiger partial charge in [0, 0.05) is 39.3 Å². The average Bonchev–Trinajstić information content (AvgIpc) is 3.06. The number of aryl methyl sites for hydroxylation is 2. The van der Waals surface area contributed by atoms with E-state index in [0.29, 0.717) is 12.0 Å². The summed E-state index contributed by atoms with van der Waals surface area (Å²) in [7, 11) is 1.88. The largest absolute Gasteiger partial charge is 0.335 e. The molecule has 1 aromatic carbocycles. The molecule has 150 valence electrons. The molecule has 1 aromatic heterocycles. The molecular formula is C23H32N4O. The van der Waals surface area contributed by atoms with Gasteiger partial charge in [0.05, 0.1) is 5.69 Å². The minimum atomic E-state index is 0.124. The van der Waals surface area contributed by atoms with Crippen LogP contribution in [0.4, 0.5) is 0 Å². The van der Waals surface area contributed by atoms with E-state index < -0.39 is 0 Å². The Morgan fingerprint density at radius 1 is 1.14 bits per heavy atom. The van der Waals surface area contributed by atoms with E-state index in [1.165, 1.54) is 24.0 Å². The number of carbonyl (C=O) groups is 1. The third kappa shape index (κ3) is 4.00. The predicted octanol–water partition coefficient (Wildman–Crippen LogP) is 2.93. The first-order chi connectivity index (χ1) is 13.5. The van der Waals surface area contributed by atoms with Crippen LogP contribution in [0.2, 0.25) is 0 Å². The van der Waals surface area contributed by atoms with Crippen LogP contribution < -0.4 is 0 Å². The topological polar surface area (TPSA) is 41.4 Å². The Morgan fingerprint density at radius 2 is 1.86 bits per heavy atom. The second-order valence-electron chi connectivity index (χ2n) is 8.74. The van der Waals surface area contributed by atoms with E-state index in [1.807, 2.05) is 18.0 Å². The van der Waals surface area contributed by atoms with Gasteiger partial charge in [-0.3, -0.25) is 14.4 Å². The summed E-state index contributed by atoms with van der Waals surface area (Å²) in [6.45, 7) is 7.91. The van der Waals surface area contributed by atoms with E-state index in [4.69, 9.17) is 0 Å². The molecule has 5 nitrogen and oxygen atoms in total. The highest BCUT2D eigenvalue weighted by molar-refractivity contribution is 5.92. The van der Waals surface area contributed by atoms with Gasteiger partial charge in [-0.25, -0.2) is 0 Å². The van der Waals surface area contributed by atoms with E-state index in [1.54, 1.807) is 4.68 Å². The summed E-state index contributed by atoms with van der Waals surface area (Å²) in [4.78, 5) is 17.6. The van der Waals surface area contributed by atoms with Gasteiger partial charge in [0.25, 0.3) is 5.91 Å². The van der Waals surface area contributed by atoms with Crippen molar-refractivity contribution in [1.29, 1.82) is 0 Å². The highest BCUT2D eigenvalue weighted by Gasteiger charge is 2.30. The zero-order valence-electron chi connectivity index (χ0n) is 17.4. The number of benzene rings is 1. The molecule has 2 heterocycles. The number of hydrogen-bond acceptors (Lipinski definition) is 3. The third-order valence-electron chi connectivity index (χ3n) is 6.21. The maximum atomic E-state index is 13.0. The lowest BCUT2D eigenvalue weighted by atomic mass is 9.87. The summed E-state index contributed by atoms with van der Waals surface area (Å²) in [6, 6.07) is 11.4. The van der Waals surface area contributed by atoms with Crippen LogP contribution in [0.15, 0.2) is 30.3 Å². The van der Waals surface area contributed by atoms with Gasteiger partial charge in [-0.15, -0.1) is 0 Å². The monoisotopic (exact) mass is 380 g/mol. The molecule has 1 aliphatic heterocycles. The van der Waals surface area contributed by atoms with Crippen LogP contribution >= 0.6 is 0 Å². The molecule has 0 N–H and O–H groups in total. The zero-order chi connectivity index (χ0) is 19.7. The van der Waals surface area contributed by atoms with Gasteiger partial charge in [0.15, 0.2) is 0 Å². The van der Waals surface area contributed by atoms with Crippen molar-refractivity contribution in [2.75, 3.05) is 26.2 Å². The highest BCUT2D eigenvalue weighted by atomic mass is 16.2. The number of nitrogens with zero attached hydrogens (tertiary/aromatic N) is 4. The third-order valence-corrected chi connectivity index (χ3v) is 6.21. The van der Waals surface area contributed by atoms with Crippen molar-refractivity contribution >= 4 is 5.91 Å². The maximum absolute atomic E-state index is 13.0. The first-order valence-corrected chi connectivity index (χ1v) is 10.6. The highest BCUT2D eigenvalue weighted by Crippen LogP contribution is 2.25. The van der Waals surface area contributed by atoms with Gasteiger partial charge >= 0.3 is 0 Å². The number of carbonyl (C=O) groups excluding carboxylic acids is 1. The summed E-state index contributed by atoms with van der Waals surface area (Å²) in [5.74, 6) is 0.667. The number of piperazine rings is 1. The molecule has 0 spiro atoms. The van der Waals surface area contributed by atoms with Crippen molar-refractivity contribution in [3.63, 3.8) is 0 Å². The number of fused-ring (bicyclic) bond motifs is 1. The molecule has 0 saturated carbocycles. The molecule has 28 heavy (non-hydrogen) atoms. The molecule has 1 unspecified atom stereocenters. The van der Waals surface area contributed by atoms with Gasteiger partial charge in [0.2, 0.25) is 0 Å². The van der Waals surface area contributed by atoms with Crippen LogP contribution in [0.3, 0.4) is 0 Å². The minimum absolute atomic E-state index is 0.124. The summed E-state index contributed by atoms with van der Waals surface area (Å²) >= 11 is 0. The molecule has 2 aromatic rings. The molecule has 1 saturated heterocycles. The Labute approximate surface area is 168 Å². The lowest BCUT2D eigenvalue weighted by Gasteiger charge is -2.41. The van der Waals surface area contributed by atoms with Gasteiger partial charge in [-0.05, 0) is 48.8 Å². The Kier molecular flexibility index (Phi) is 5.54. The molecule has 4 rings (SSSR count). The van der Waals surface area contributed by atoms with Gasteiger partial charge in [-0.1, -0.05) is 38.1 Å². The average molecular weight is 381 g/mol. The number of aromatic nitrogens is 2. The maximum Gasteiger partial charge on any atom is 0.272 e. The van der Waals surface area contributed by atoms with Crippen LogP contribution in [0.1, 0.15) is 47.6 Å². The van der Waals surface area contributed by atoms with Crippen molar-refractivity contribution in [3.05, 3.63) is 52.8 Å². The second-order valence-corrected chi connectivity index (χ2v) is 8.74. The quantitative estimate of drug-likeness (QED) is 0.819. The molecule has 1 amide bonds. The van der Waals surface area contributed by atoms with Crippen LogP contribution in [0.25, 0.3) is 0 Å². The first-order valence-electron chi connectivity index (χ1n) is 10.6. The van der Waals surface area contributed by atoms with Crippen LogP contribution in [0.5, 0.6) is 0 Å². The van der Waals surface area contributed by atoms with E-state index in [0.717, 1.165) is 50.4 Å². The molecule has 1 fully saturated rings. The SMILES string of the molecule is CC(C)Cc1cc(C(=O)N2CCN(C3CCc4ccccc4C3)CC2)n(C)n1. The Bertz CT molecular complexity index is 833. The number of hydrogen-bond donors (Lipinski definition) is 0. The van der Waals surface area contributed by atoms with Crippen LogP contribution in [-0.2, 0) is 26.3 Å². The zero-order valence-corrected chi connectivity index (χ0v) is 17.4. The Balaban J connectivity index is 1.35. The van der Waals surface area contributed by atoms with E-state index >= 15 is 0 Å². The molecular weight excluding hydrogens is 348 g/mol. The fourth-order valence-corrected chi connectivity index (χ4v) is 4.69. The predicted molar refractivity (Wildman–Crippen MR) is 111 cm³/mol. The van der Waals surface area contributed by atoms with E-state index in [2.05, 4.69) is 48.1 Å². The fraction of sp³-hybridized carbons (Fsp3) is 0.565. The lowest BCUT2D eigenvalue weighted by molar-refractivity contribution is 0.0543. The normalized spacial score (nSPS) is 20.4. The molecule has 5 heteroatoms. The van der Waals surface area contributed by atoms with Crippen molar-refractivity contribution in [2.24, 2.45) is 13.0 Å². The summed E-state index contributed by atoms with van der Waals surface area (Å²) in [5.41, 5.74) is 4.75. The summed E-state index contributed by atoms with van der Waals surface area (Å²) < 4.78 is 1.75.